The first-order valence-electron chi connectivity index (χ1n) is 7.54. The molecule has 0 aliphatic carbocycles. The number of imide groups is 1. The maximum absolute atomic E-state index is 13.4. The predicted molar refractivity (Wildman–Crippen MR) is 81.5 cm³/mol. The summed E-state index contributed by atoms with van der Waals surface area (Å²) in [5.41, 5.74) is 5.88. The van der Waals surface area contributed by atoms with Crippen LogP contribution in [0.1, 0.15) is 37.8 Å². The molecule has 1 aliphatic heterocycles. The number of halogens is 1. The molecular weight excluding hydrogens is 285 g/mol. The van der Waals surface area contributed by atoms with E-state index < -0.39 is 6.03 Å². The van der Waals surface area contributed by atoms with Crippen LogP contribution in [0.15, 0.2) is 24.3 Å². The topological polar surface area (TPSA) is 75.4 Å². The molecule has 120 valence electrons. The smallest absolute Gasteiger partial charge is 0.318 e. The quantitative estimate of drug-likeness (QED) is 0.875. The Morgan fingerprint density at radius 2 is 2.23 bits per heavy atom. The van der Waals surface area contributed by atoms with Crippen molar-refractivity contribution in [1.82, 2.24) is 10.2 Å². The molecule has 0 radical (unpaired) electrons. The number of carbonyl (C=O) groups excluding carboxylic acids is 2. The Kier molecular flexibility index (Phi) is 5.49. The van der Waals surface area contributed by atoms with Crippen molar-refractivity contribution in [2.75, 3.05) is 13.1 Å². The van der Waals surface area contributed by atoms with Gasteiger partial charge in [-0.1, -0.05) is 19.1 Å². The fraction of sp³-hybridized carbons (Fsp3) is 0.500. The van der Waals surface area contributed by atoms with Gasteiger partial charge in [-0.3, -0.25) is 15.0 Å². The molecule has 0 unspecified atom stereocenters. The molecule has 0 saturated carbocycles. The molecule has 0 aromatic heterocycles. The van der Waals surface area contributed by atoms with Crippen molar-refractivity contribution in [3.63, 3.8) is 0 Å². The number of primary amides is 1. The molecule has 1 aliphatic rings. The molecule has 2 atom stereocenters. The minimum atomic E-state index is -0.822. The van der Waals surface area contributed by atoms with Crippen molar-refractivity contribution < 1.29 is 14.0 Å². The van der Waals surface area contributed by atoms with Gasteiger partial charge in [-0.05, 0) is 43.0 Å². The van der Waals surface area contributed by atoms with E-state index in [0.29, 0.717) is 12.3 Å². The Hall–Kier alpha value is -1.95. The third-order valence-electron chi connectivity index (χ3n) is 3.96. The van der Waals surface area contributed by atoms with E-state index in [1.807, 2.05) is 6.07 Å². The Labute approximate surface area is 129 Å². The van der Waals surface area contributed by atoms with E-state index in [1.54, 1.807) is 12.1 Å². The second kappa shape index (κ2) is 7.35. The number of hydrogen-bond donors (Lipinski definition) is 2. The minimum absolute atomic E-state index is 0.185. The predicted octanol–water partition coefficient (Wildman–Crippen LogP) is 2.18. The molecule has 6 heteroatoms. The van der Waals surface area contributed by atoms with Crippen molar-refractivity contribution >= 4 is 11.9 Å². The van der Waals surface area contributed by atoms with Crippen molar-refractivity contribution in [2.24, 2.45) is 11.7 Å². The Balaban J connectivity index is 1.91. The lowest BCUT2D eigenvalue weighted by Crippen LogP contribution is -2.35. The number of carbonyl (C=O) groups is 2. The van der Waals surface area contributed by atoms with Crippen molar-refractivity contribution in [3.05, 3.63) is 35.6 Å². The fourth-order valence-corrected chi connectivity index (χ4v) is 3.08. The summed E-state index contributed by atoms with van der Waals surface area (Å²) < 4.78 is 13.4. The Morgan fingerprint density at radius 3 is 2.91 bits per heavy atom. The normalized spacial score (nSPS) is 21.7. The van der Waals surface area contributed by atoms with Crippen LogP contribution in [0.2, 0.25) is 0 Å². The van der Waals surface area contributed by atoms with Gasteiger partial charge in [-0.2, -0.15) is 0 Å². The van der Waals surface area contributed by atoms with Gasteiger partial charge in [0.15, 0.2) is 0 Å². The molecule has 3 amide bonds. The third kappa shape index (κ3) is 4.53. The lowest BCUT2D eigenvalue weighted by Gasteiger charge is -2.24. The van der Waals surface area contributed by atoms with Crippen molar-refractivity contribution in [1.29, 1.82) is 0 Å². The first-order chi connectivity index (χ1) is 10.5. The highest BCUT2D eigenvalue weighted by molar-refractivity contribution is 5.93. The number of benzene rings is 1. The van der Waals surface area contributed by atoms with Crippen LogP contribution in [0.3, 0.4) is 0 Å². The number of nitrogens with one attached hydrogen (secondary N) is 1. The van der Waals surface area contributed by atoms with E-state index in [2.05, 4.69) is 17.1 Å². The second-order valence-electron chi connectivity index (χ2n) is 5.92. The van der Waals surface area contributed by atoms with E-state index in [1.165, 1.54) is 6.07 Å². The van der Waals surface area contributed by atoms with Gasteiger partial charge in [-0.25, -0.2) is 9.18 Å². The van der Waals surface area contributed by atoms with Crippen LogP contribution in [0.25, 0.3) is 0 Å². The standard InChI is InChI=1S/C16H22FN3O2/c1-11-8-14(12-4-2-5-13(17)9-12)20(10-11)7-3-6-15(21)19-16(18)22/h2,4-5,9,11,14H,3,6-8,10H2,1H3,(H3,18,19,21,22)/t11-,14+/m0/s1. The zero-order valence-electron chi connectivity index (χ0n) is 12.7. The van der Waals surface area contributed by atoms with Gasteiger partial charge in [0.2, 0.25) is 5.91 Å². The van der Waals surface area contributed by atoms with Crippen molar-refractivity contribution in [2.45, 2.75) is 32.2 Å². The number of nitrogens with two attached hydrogens (primary N) is 1. The number of urea groups is 1. The molecule has 1 aromatic rings. The summed E-state index contributed by atoms with van der Waals surface area (Å²) in [6.07, 6.45) is 1.87. The van der Waals surface area contributed by atoms with E-state index in [9.17, 15) is 14.0 Å². The molecule has 3 N–H and O–H groups in total. The highest BCUT2D eigenvalue weighted by Crippen LogP contribution is 2.35. The molecule has 0 spiro atoms. The second-order valence-corrected chi connectivity index (χ2v) is 5.92. The zero-order valence-corrected chi connectivity index (χ0v) is 12.7. The van der Waals surface area contributed by atoms with Gasteiger partial charge in [0.1, 0.15) is 5.82 Å². The Bertz CT molecular complexity index is 550. The summed E-state index contributed by atoms with van der Waals surface area (Å²) in [7, 11) is 0. The number of hydrogen-bond acceptors (Lipinski definition) is 3. The minimum Gasteiger partial charge on any atom is -0.351 e. The SMILES string of the molecule is C[C@H]1C[C@H](c2cccc(F)c2)N(CCCC(=O)NC(N)=O)C1. The molecule has 1 aromatic carbocycles. The van der Waals surface area contributed by atoms with Crippen molar-refractivity contribution in [3.8, 4) is 0 Å². The molecular formula is C16H22FN3O2. The first kappa shape index (κ1) is 16.4. The van der Waals surface area contributed by atoms with Crippen LogP contribution < -0.4 is 11.1 Å². The molecule has 2 rings (SSSR count). The number of amides is 3. The van der Waals surface area contributed by atoms with Gasteiger partial charge in [0.25, 0.3) is 0 Å². The van der Waals surface area contributed by atoms with Gasteiger partial charge in [0.05, 0.1) is 0 Å². The summed E-state index contributed by atoms with van der Waals surface area (Å²) in [6.45, 7) is 3.84. The lowest BCUT2D eigenvalue weighted by molar-refractivity contribution is -0.120. The van der Waals surface area contributed by atoms with E-state index in [0.717, 1.165) is 25.1 Å². The monoisotopic (exact) mass is 307 g/mol. The Morgan fingerprint density at radius 1 is 1.45 bits per heavy atom. The first-order valence-corrected chi connectivity index (χ1v) is 7.54. The average molecular weight is 307 g/mol. The molecule has 22 heavy (non-hydrogen) atoms. The van der Waals surface area contributed by atoms with E-state index >= 15 is 0 Å². The zero-order chi connectivity index (χ0) is 16.1. The maximum atomic E-state index is 13.4. The van der Waals surface area contributed by atoms with Crippen LogP contribution in [0, 0.1) is 11.7 Å². The number of likely N-dealkylation sites (tertiary alicyclic amines) is 1. The van der Waals surface area contributed by atoms with Crippen LogP contribution in [0.5, 0.6) is 0 Å². The van der Waals surface area contributed by atoms with Crippen LogP contribution in [0.4, 0.5) is 9.18 Å². The highest BCUT2D eigenvalue weighted by atomic mass is 19.1. The average Bonchev–Trinajstić information content (AvgIpc) is 2.79. The largest absolute Gasteiger partial charge is 0.351 e. The van der Waals surface area contributed by atoms with E-state index in [4.69, 9.17) is 5.73 Å². The molecule has 1 heterocycles. The summed E-state index contributed by atoms with van der Waals surface area (Å²) in [5.74, 6) is -0.0485. The van der Waals surface area contributed by atoms with Gasteiger partial charge < -0.3 is 5.73 Å². The molecule has 1 fully saturated rings. The lowest BCUT2D eigenvalue weighted by atomic mass is 10.0. The number of nitrogens with zero attached hydrogens (tertiary/aromatic N) is 1. The number of rotatable bonds is 5. The molecule has 5 nitrogen and oxygen atoms in total. The van der Waals surface area contributed by atoms with Gasteiger partial charge >= 0.3 is 6.03 Å². The summed E-state index contributed by atoms with van der Waals surface area (Å²) >= 11 is 0. The van der Waals surface area contributed by atoms with E-state index in [-0.39, 0.29) is 24.2 Å². The molecule has 1 saturated heterocycles. The summed E-state index contributed by atoms with van der Waals surface area (Å²) in [6, 6.07) is 6.06. The van der Waals surface area contributed by atoms with Gasteiger partial charge in [0, 0.05) is 19.0 Å². The summed E-state index contributed by atoms with van der Waals surface area (Å²) in [5, 5.41) is 2.06. The maximum Gasteiger partial charge on any atom is 0.318 e. The molecule has 0 bridgehead atoms. The fourth-order valence-electron chi connectivity index (χ4n) is 3.08. The van der Waals surface area contributed by atoms with Crippen LogP contribution in [-0.4, -0.2) is 29.9 Å². The van der Waals surface area contributed by atoms with Gasteiger partial charge in [-0.15, -0.1) is 0 Å². The summed E-state index contributed by atoms with van der Waals surface area (Å²) in [4.78, 5) is 24.3. The van der Waals surface area contributed by atoms with Crippen LogP contribution in [-0.2, 0) is 4.79 Å². The van der Waals surface area contributed by atoms with Crippen LogP contribution >= 0.6 is 0 Å². The highest BCUT2D eigenvalue weighted by Gasteiger charge is 2.30. The third-order valence-corrected chi connectivity index (χ3v) is 3.96.